The van der Waals surface area contributed by atoms with Crippen LogP contribution in [-0.4, -0.2) is 78.4 Å². The molecule has 0 amide bonds. The molecule has 0 saturated heterocycles. The predicted octanol–water partition coefficient (Wildman–Crippen LogP) is -0.443. The Morgan fingerprint density at radius 2 is 1.76 bits per heavy atom. The summed E-state index contributed by atoms with van der Waals surface area (Å²) >= 11 is 0. The van der Waals surface area contributed by atoms with Gasteiger partial charge in [-0.1, -0.05) is 0 Å². The molecule has 2 unspecified atom stereocenters. The van der Waals surface area contributed by atoms with E-state index in [0.29, 0.717) is 38.1 Å². The standard InChI is InChI=1S/C15H32N2O4/c1-21-11-15(20)10-17(9-14(19)6-7-18)13-4-2-12(8-16)3-5-13/h12-15,18-20H,2-11,16H2,1H3/t12-,13-,14?,15?. The quantitative estimate of drug-likeness (QED) is 0.436. The van der Waals surface area contributed by atoms with E-state index in [1.807, 2.05) is 0 Å². The minimum atomic E-state index is -0.558. The van der Waals surface area contributed by atoms with Crippen LogP contribution in [0.2, 0.25) is 0 Å². The minimum Gasteiger partial charge on any atom is -0.396 e. The van der Waals surface area contributed by atoms with Crippen LogP contribution in [0.1, 0.15) is 32.1 Å². The van der Waals surface area contributed by atoms with Gasteiger partial charge in [0.1, 0.15) is 0 Å². The first-order valence-electron chi connectivity index (χ1n) is 8.00. The fourth-order valence-electron chi connectivity index (χ4n) is 3.15. The predicted molar refractivity (Wildman–Crippen MR) is 82.0 cm³/mol. The fraction of sp³-hybridized carbons (Fsp3) is 1.00. The Kier molecular flexibility index (Phi) is 9.39. The maximum absolute atomic E-state index is 9.97. The van der Waals surface area contributed by atoms with Crippen LogP contribution < -0.4 is 5.73 Å². The second kappa shape index (κ2) is 10.5. The lowest BCUT2D eigenvalue weighted by Gasteiger charge is -2.38. The first kappa shape index (κ1) is 18.8. The van der Waals surface area contributed by atoms with E-state index in [0.717, 1.165) is 32.2 Å². The van der Waals surface area contributed by atoms with Gasteiger partial charge in [0.25, 0.3) is 0 Å². The third-order valence-corrected chi connectivity index (χ3v) is 4.38. The van der Waals surface area contributed by atoms with E-state index >= 15 is 0 Å². The second-order valence-corrected chi connectivity index (χ2v) is 6.14. The molecule has 0 heterocycles. The Hall–Kier alpha value is -0.240. The van der Waals surface area contributed by atoms with Crippen LogP contribution in [0.5, 0.6) is 0 Å². The Morgan fingerprint density at radius 3 is 2.29 bits per heavy atom. The van der Waals surface area contributed by atoms with Crippen LogP contribution in [0.25, 0.3) is 0 Å². The first-order valence-corrected chi connectivity index (χ1v) is 8.00. The van der Waals surface area contributed by atoms with E-state index in [1.165, 1.54) is 0 Å². The zero-order valence-corrected chi connectivity index (χ0v) is 13.2. The third kappa shape index (κ3) is 7.04. The molecule has 1 saturated carbocycles. The van der Waals surface area contributed by atoms with Crippen molar-refractivity contribution in [2.24, 2.45) is 11.7 Å². The lowest BCUT2D eigenvalue weighted by molar-refractivity contribution is -0.00241. The molecule has 1 rings (SSSR count). The van der Waals surface area contributed by atoms with E-state index in [-0.39, 0.29) is 6.61 Å². The summed E-state index contributed by atoms with van der Waals surface area (Å²) in [6.45, 7) is 2.00. The molecule has 6 heteroatoms. The Balaban J connectivity index is 2.54. The Labute approximate surface area is 127 Å². The topological polar surface area (TPSA) is 99.2 Å². The van der Waals surface area contributed by atoms with Crippen molar-refractivity contribution in [3.63, 3.8) is 0 Å². The molecule has 0 aromatic carbocycles. The number of nitrogens with zero attached hydrogens (tertiary/aromatic N) is 1. The number of nitrogens with two attached hydrogens (primary N) is 1. The van der Waals surface area contributed by atoms with Crippen molar-refractivity contribution in [3.05, 3.63) is 0 Å². The zero-order valence-electron chi connectivity index (χ0n) is 13.2. The number of ether oxygens (including phenoxy) is 1. The van der Waals surface area contributed by atoms with Crippen molar-refractivity contribution < 1.29 is 20.1 Å². The number of aliphatic hydroxyl groups is 3. The van der Waals surface area contributed by atoms with Crippen LogP contribution in [0, 0.1) is 5.92 Å². The van der Waals surface area contributed by atoms with E-state index in [4.69, 9.17) is 15.6 Å². The lowest BCUT2D eigenvalue weighted by atomic mass is 9.85. The highest BCUT2D eigenvalue weighted by Crippen LogP contribution is 2.27. The van der Waals surface area contributed by atoms with Crippen molar-refractivity contribution in [1.29, 1.82) is 0 Å². The van der Waals surface area contributed by atoms with Gasteiger partial charge in [-0.3, -0.25) is 4.90 Å². The van der Waals surface area contributed by atoms with E-state index in [1.54, 1.807) is 7.11 Å². The maximum atomic E-state index is 9.97. The van der Waals surface area contributed by atoms with Gasteiger partial charge in [-0.25, -0.2) is 0 Å². The van der Waals surface area contributed by atoms with Crippen molar-refractivity contribution in [3.8, 4) is 0 Å². The van der Waals surface area contributed by atoms with Crippen LogP contribution in [0.15, 0.2) is 0 Å². The van der Waals surface area contributed by atoms with E-state index < -0.39 is 12.2 Å². The second-order valence-electron chi connectivity index (χ2n) is 6.14. The molecule has 0 aromatic heterocycles. The van der Waals surface area contributed by atoms with E-state index in [9.17, 15) is 10.2 Å². The molecule has 126 valence electrons. The molecule has 6 nitrogen and oxygen atoms in total. The lowest BCUT2D eigenvalue weighted by Crippen LogP contribution is -2.47. The Morgan fingerprint density at radius 1 is 1.14 bits per heavy atom. The molecule has 0 aromatic rings. The molecular formula is C15H32N2O4. The van der Waals surface area contributed by atoms with Crippen LogP contribution in [0.4, 0.5) is 0 Å². The molecule has 1 aliphatic rings. The van der Waals surface area contributed by atoms with Gasteiger partial charge in [0, 0.05) is 32.8 Å². The van der Waals surface area contributed by atoms with Gasteiger partial charge in [0.15, 0.2) is 0 Å². The zero-order chi connectivity index (χ0) is 15.7. The summed E-state index contributed by atoms with van der Waals surface area (Å²) in [5, 5.41) is 28.9. The highest BCUT2D eigenvalue weighted by atomic mass is 16.5. The SMILES string of the molecule is COCC(O)CN(CC(O)CCO)[C@H]1CC[C@H](CN)CC1. The monoisotopic (exact) mass is 304 g/mol. The summed E-state index contributed by atoms with van der Waals surface area (Å²) in [6, 6.07) is 0.368. The number of methoxy groups -OCH3 is 1. The number of aliphatic hydroxyl groups excluding tert-OH is 3. The minimum absolute atomic E-state index is 0.0183. The van der Waals surface area contributed by atoms with Gasteiger partial charge in [0.05, 0.1) is 18.8 Å². The smallest absolute Gasteiger partial charge is 0.0900 e. The average Bonchev–Trinajstić information content (AvgIpc) is 2.47. The van der Waals surface area contributed by atoms with Gasteiger partial charge in [0.2, 0.25) is 0 Å². The van der Waals surface area contributed by atoms with Crippen LogP contribution in [-0.2, 0) is 4.74 Å². The summed E-state index contributed by atoms with van der Waals surface area (Å²) in [7, 11) is 1.57. The molecule has 0 spiro atoms. The summed E-state index contributed by atoms with van der Waals surface area (Å²) in [6.07, 6.45) is 3.57. The molecule has 0 radical (unpaired) electrons. The molecule has 21 heavy (non-hydrogen) atoms. The highest BCUT2D eigenvalue weighted by Gasteiger charge is 2.27. The normalized spacial score (nSPS) is 26.0. The summed E-state index contributed by atoms with van der Waals surface area (Å²) in [4.78, 5) is 2.15. The van der Waals surface area contributed by atoms with Crippen molar-refractivity contribution >= 4 is 0 Å². The Bertz CT molecular complexity index is 246. The molecule has 1 aliphatic carbocycles. The van der Waals surface area contributed by atoms with Crippen molar-refractivity contribution in [2.75, 3.05) is 40.0 Å². The molecule has 1 fully saturated rings. The van der Waals surface area contributed by atoms with Crippen molar-refractivity contribution in [1.82, 2.24) is 4.90 Å². The molecule has 5 N–H and O–H groups in total. The van der Waals surface area contributed by atoms with Gasteiger partial charge < -0.3 is 25.8 Å². The van der Waals surface area contributed by atoms with Crippen molar-refractivity contribution in [2.45, 2.75) is 50.4 Å². The summed E-state index contributed by atoms with van der Waals surface area (Å²) < 4.78 is 4.98. The number of hydrogen-bond donors (Lipinski definition) is 4. The van der Waals surface area contributed by atoms with E-state index in [2.05, 4.69) is 4.90 Å². The largest absolute Gasteiger partial charge is 0.396 e. The van der Waals surface area contributed by atoms with Gasteiger partial charge in [-0.2, -0.15) is 0 Å². The highest BCUT2D eigenvalue weighted by molar-refractivity contribution is 4.82. The third-order valence-electron chi connectivity index (χ3n) is 4.38. The summed E-state index contributed by atoms with van der Waals surface area (Å²) in [5.41, 5.74) is 5.73. The van der Waals surface area contributed by atoms with Crippen LogP contribution in [0.3, 0.4) is 0 Å². The van der Waals surface area contributed by atoms with Crippen LogP contribution >= 0.6 is 0 Å². The fourth-order valence-corrected chi connectivity index (χ4v) is 3.15. The molecule has 0 bridgehead atoms. The first-order chi connectivity index (χ1) is 10.1. The molecular weight excluding hydrogens is 272 g/mol. The maximum Gasteiger partial charge on any atom is 0.0900 e. The average molecular weight is 304 g/mol. The number of rotatable bonds is 10. The van der Waals surface area contributed by atoms with Gasteiger partial charge in [-0.05, 0) is 44.6 Å². The molecule has 0 aliphatic heterocycles. The van der Waals surface area contributed by atoms with Gasteiger partial charge in [-0.15, -0.1) is 0 Å². The molecule has 2 atom stereocenters. The summed E-state index contributed by atoms with van der Waals surface area (Å²) in [5.74, 6) is 0.606. The van der Waals surface area contributed by atoms with Gasteiger partial charge >= 0.3 is 0 Å². The number of hydrogen-bond acceptors (Lipinski definition) is 6.